The third-order valence-electron chi connectivity index (χ3n) is 2.74. The second-order valence-corrected chi connectivity index (χ2v) is 4.90. The van der Waals surface area contributed by atoms with Crippen LogP contribution in [0.25, 0.3) is 0 Å². The van der Waals surface area contributed by atoms with Gasteiger partial charge in [-0.3, -0.25) is 4.79 Å². The van der Waals surface area contributed by atoms with Gasteiger partial charge in [0, 0.05) is 19.6 Å². The van der Waals surface area contributed by atoms with Gasteiger partial charge in [-0.15, -0.1) is 23.7 Å². The second kappa shape index (κ2) is 6.23. The highest BCUT2D eigenvalue weighted by molar-refractivity contribution is 7.12. The number of hydrogen-bond donors (Lipinski definition) is 1. The molecule has 0 aliphatic carbocycles. The summed E-state index contributed by atoms with van der Waals surface area (Å²) in [5, 5.41) is 5.34. The maximum Gasteiger partial charge on any atom is 0.263 e. The van der Waals surface area contributed by atoms with Crippen molar-refractivity contribution in [2.75, 3.05) is 20.1 Å². The van der Waals surface area contributed by atoms with E-state index in [2.05, 4.69) is 5.32 Å². The summed E-state index contributed by atoms with van der Waals surface area (Å²) in [6.07, 6.45) is 2.41. The molecule has 1 aromatic heterocycles. The molecule has 1 unspecified atom stereocenters. The molecule has 1 aliphatic heterocycles. The molecule has 0 spiro atoms. The summed E-state index contributed by atoms with van der Waals surface area (Å²) in [6, 6.07) is 4.28. The standard InChI is InChI=1S/C11H16N2OS.ClH/c1-13(8-9-4-2-6-12-9)11(14)10-5-3-7-15-10;/h3,5,7,9,12H,2,4,6,8H2,1H3;1H. The van der Waals surface area contributed by atoms with Crippen LogP contribution < -0.4 is 5.32 Å². The zero-order valence-electron chi connectivity index (χ0n) is 9.31. The molecular formula is C11H17ClN2OS. The van der Waals surface area contributed by atoms with Gasteiger partial charge in [-0.05, 0) is 30.8 Å². The lowest BCUT2D eigenvalue weighted by Gasteiger charge is -2.20. The van der Waals surface area contributed by atoms with Gasteiger partial charge in [-0.1, -0.05) is 6.07 Å². The van der Waals surface area contributed by atoms with Gasteiger partial charge in [-0.2, -0.15) is 0 Å². The maximum atomic E-state index is 11.9. The number of nitrogens with zero attached hydrogens (tertiary/aromatic N) is 1. The van der Waals surface area contributed by atoms with Crippen molar-refractivity contribution in [2.45, 2.75) is 18.9 Å². The van der Waals surface area contributed by atoms with Crippen molar-refractivity contribution in [3.63, 3.8) is 0 Å². The van der Waals surface area contributed by atoms with Gasteiger partial charge in [-0.25, -0.2) is 0 Å². The Morgan fingerprint density at radius 3 is 3.06 bits per heavy atom. The summed E-state index contributed by atoms with van der Waals surface area (Å²) in [5.74, 6) is 0.138. The van der Waals surface area contributed by atoms with Crippen LogP contribution in [0, 0.1) is 0 Å². The zero-order valence-corrected chi connectivity index (χ0v) is 10.9. The minimum atomic E-state index is 0. The fourth-order valence-electron chi connectivity index (χ4n) is 1.91. The molecule has 90 valence electrons. The first-order chi connectivity index (χ1) is 7.27. The Bertz CT molecular complexity index is 323. The van der Waals surface area contributed by atoms with Crippen LogP contribution in [0.5, 0.6) is 0 Å². The highest BCUT2D eigenvalue weighted by Gasteiger charge is 2.19. The number of amides is 1. The van der Waals surface area contributed by atoms with E-state index in [1.807, 2.05) is 29.5 Å². The molecule has 1 saturated heterocycles. The van der Waals surface area contributed by atoms with E-state index < -0.39 is 0 Å². The van der Waals surface area contributed by atoms with Crippen LogP contribution >= 0.6 is 23.7 Å². The molecule has 16 heavy (non-hydrogen) atoms. The van der Waals surface area contributed by atoms with Crippen molar-refractivity contribution in [3.05, 3.63) is 22.4 Å². The van der Waals surface area contributed by atoms with Crippen LogP contribution in [0.2, 0.25) is 0 Å². The van der Waals surface area contributed by atoms with E-state index in [-0.39, 0.29) is 18.3 Å². The Morgan fingerprint density at radius 1 is 1.69 bits per heavy atom. The molecule has 0 radical (unpaired) electrons. The number of halogens is 1. The molecule has 1 aliphatic rings. The van der Waals surface area contributed by atoms with Crippen LogP contribution in [0.3, 0.4) is 0 Å². The summed E-state index contributed by atoms with van der Waals surface area (Å²) < 4.78 is 0. The Morgan fingerprint density at radius 2 is 2.50 bits per heavy atom. The smallest absolute Gasteiger partial charge is 0.263 e. The van der Waals surface area contributed by atoms with Gasteiger partial charge < -0.3 is 10.2 Å². The highest BCUT2D eigenvalue weighted by Crippen LogP contribution is 2.13. The normalized spacial score (nSPS) is 19.2. The Labute approximate surface area is 106 Å². The number of rotatable bonds is 3. The highest BCUT2D eigenvalue weighted by atomic mass is 35.5. The summed E-state index contributed by atoms with van der Waals surface area (Å²) in [6.45, 7) is 1.91. The predicted octanol–water partition coefficient (Wildman–Crippen LogP) is 1.99. The summed E-state index contributed by atoms with van der Waals surface area (Å²) in [4.78, 5) is 14.5. The quantitative estimate of drug-likeness (QED) is 0.902. The molecule has 1 fully saturated rings. The fraction of sp³-hybridized carbons (Fsp3) is 0.545. The van der Waals surface area contributed by atoms with Crippen molar-refractivity contribution in [2.24, 2.45) is 0 Å². The van der Waals surface area contributed by atoms with Gasteiger partial charge in [0.2, 0.25) is 0 Å². The van der Waals surface area contributed by atoms with E-state index in [1.54, 1.807) is 0 Å². The maximum absolute atomic E-state index is 11.9. The van der Waals surface area contributed by atoms with E-state index in [1.165, 1.54) is 24.2 Å². The second-order valence-electron chi connectivity index (χ2n) is 3.96. The number of likely N-dealkylation sites (N-methyl/N-ethyl adjacent to an activating group) is 1. The molecule has 1 aromatic rings. The average Bonchev–Trinajstić information content (AvgIpc) is 2.88. The van der Waals surface area contributed by atoms with E-state index in [0.717, 1.165) is 18.0 Å². The largest absolute Gasteiger partial charge is 0.339 e. The summed E-state index contributed by atoms with van der Waals surface area (Å²) >= 11 is 1.51. The monoisotopic (exact) mass is 260 g/mol. The van der Waals surface area contributed by atoms with Crippen molar-refractivity contribution in [3.8, 4) is 0 Å². The molecular weight excluding hydrogens is 244 g/mol. The van der Waals surface area contributed by atoms with Crippen LogP contribution in [-0.2, 0) is 0 Å². The van der Waals surface area contributed by atoms with Gasteiger partial charge >= 0.3 is 0 Å². The van der Waals surface area contributed by atoms with E-state index in [4.69, 9.17) is 0 Å². The van der Waals surface area contributed by atoms with Crippen molar-refractivity contribution in [1.82, 2.24) is 10.2 Å². The minimum absolute atomic E-state index is 0. The van der Waals surface area contributed by atoms with Crippen LogP contribution in [0.1, 0.15) is 22.5 Å². The third kappa shape index (κ3) is 3.20. The van der Waals surface area contributed by atoms with Gasteiger partial charge in [0.15, 0.2) is 0 Å². The third-order valence-corrected chi connectivity index (χ3v) is 3.59. The SMILES string of the molecule is CN(CC1CCCN1)C(=O)c1cccs1.Cl. The molecule has 0 aromatic carbocycles. The molecule has 2 heterocycles. The number of thiophene rings is 1. The molecule has 1 atom stereocenters. The Hall–Kier alpha value is -0.580. The van der Waals surface area contributed by atoms with Crippen LogP contribution in [-0.4, -0.2) is 37.0 Å². The summed E-state index contributed by atoms with van der Waals surface area (Å²) in [7, 11) is 1.88. The first-order valence-electron chi connectivity index (χ1n) is 5.30. The zero-order chi connectivity index (χ0) is 10.7. The molecule has 1 N–H and O–H groups in total. The van der Waals surface area contributed by atoms with Crippen molar-refractivity contribution >= 4 is 29.7 Å². The number of nitrogens with one attached hydrogen (secondary N) is 1. The van der Waals surface area contributed by atoms with Gasteiger partial charge in [0.1, 0.15) is 0 Å². The fourth-order valence-corrected chi connectivity index (χ4v) is 2.63. The number of carbonyl (C=O) groups is 1. The first kappa shape index (κ1) is 13.5. The molecule has 0 saturated carbocycles. The van der Waals surface area contributed by atoms with E-state index in [9.17, 15) is 4.79 Å². The number of hydrogen-bond acceptors (Lipinski definition) is 3. The Kier molecular flexibility index (Phi) is 5.25. The lowest BCUT2D eigenvalue weighted by Crippen LogP contribution is -2.38. The summed E-state index contributed by atoms with van der Waals surface area (Å²) in [5.41, 5.74) is 0. The van der Waals surface area contributed by atoms with E-state index in [0.29, 0.717) is 6.04 Å². The van der Waals surface area contributed by atoms with Crippen LogP contribution in [0.15, 0.2) is 17.5 Å². The Balaban J connectivity index is 0.00000128. The molecule has 2 rings (SSSR count). The molecule has 3 nitrogen and oxygen atoms in total. The van der Waals surface area contributed by atoms with Gasteiger partial charge in [0.05, 0.1) is 4.88 Å². The topological polar surface area (TPSA) is 32.3 Å². The lowest BCUT2D eigenvalue weighted by molar-refractivity contribution is 0.0788. The molecule has 0 bridgehead atoms. The van der Waals surface area contributed by atoms with Crippen LogP contribution in [0.4, 0.5) is 0 Å². The molecule has 1 amide bonds. The van der Waals surface area contributed by atoms with Gasteiger partial charge in [0.25, 0.3) is 5.91 Å². The minimum Gasteiger partial charge on any atom is -0.339 e. The average molecular weight is 261 g/mol. The van der Waals surface area contributed by atoms with Crippen molar-refractivity contribution in [1.29, 1.82) is 0 Å². The number of carbonyl (C=O) groups excluding carboxylic acids is 1. The molecule has 5 heteroatoms. The predicted molar refractivity (Wildman–Crippen MR) is 69.6 cm³/mol. The van der Waals surface area contributed by atoms with E-state index >= 15 is 0 Å². The van der Waals surface area contributed by atoms with Crippen molar-refractivity contribution < 1.29 is 4.79 Å². The first-order valence-corrected chi connectivity index (χ1v) is 6.17. The lowest BCUT2D eigenvalue weighted by atomic mass is 10.2.